The highest BCUT2D eigenvalue weighted by Crippen LogP contribution is 2.16. The van der Waals surface area contributed by atoms with E-state index in [1.165, 1.54) is 7.11 Å². The van der Waals surface area contributed by atoms with Crippen molar-refractivity contribution in [1.29, 1.82) is 0 Å². The lowest BCUT2D eigenvalue weighted by Crippen LogP contribution is -2.35. The van der Waals surface area contributed by atoms with E-state index in [-0.39, 0.29) is 11.9 Å². The molecule has 0 fully saturated rings. The fourth-order valence-corrected chi connectivity index (χ4v) is 1.54. The number of methoxy groups -OCH3 is 1. The van der Waals surface area contributed by atoms with E-state index < -0.39 is 6.10 Å². The highest BCUT2D eigenvalue weighted by atomic mass is 79.9. The number of amides is 1. The molecular weight excluding hydrogens is 270 g/mol. The molecule has 0 spiro atoms. The van der Waals surface area contributed by atoms with Gasteiger partial charge >= 0.3 is 0 Å². The quantitative estimate of drug-likeness (QED) is 0.924. The number of carbonyl (C=O) groups excluding carboxylic acids is 1. The molecule has 1 rings (SSSR count). The minimum atomic E-state index is -0.419. The summed E-state index contributed by atoms with van der Waals surface area (Å²) in [6.07, 6.45) is -0.419. The lowest BCUT2D eigenvalue weighted by atomic mass is 10.1. The second-order valence-corrected chi connectivity index (χ2v) is 4.58. The van der Waals surface area contributed by atoms with Crippen molar-refractivity contribution in [3.8, 4) is 0 Å². The van der Waals surface area contributed by atoms with Gasteiger partial charge in [0.1, 0.15) is 6.10 Å². The summed E-state index contributed by atoms with van der Waals surface area (Å²) in [5, 5.41) is 2.89. The van der Waals surface area contributed by atoms with E-state index in [2.05, 4.69) is 21.2 Å². The molecule has 0 aromatic heterocycles. The average Bonchev–Trinajstić information content (AvgIpc) is 2.28. The molecule has 1 aromatic carbocycles. The maximum atomic E-state index is 11.6. The number of nitrogens with one attached hydrogen (secondary N) is 1. The van der Waals surface area contributed by atoms with Crippen LogP contribution in [-0.2, 0) is 9.53 Å². The maximum absolute atomic E-state index is 11.6. The Morgan fingerprint density at radius 2 is 1.88 bits per heavy atom. The third-order valence-corrected chi connectivity index (χ3v) is 2.98. The molecule has 16 heavy (non-hydrogen) atoms. The number of benzene rings is 1. The van der Waals surface area contributed by atoms with Crippen molar-refractivity contribution in [3.63, 3.8) is 0 Å². The van der Waals surface area contributed by atoms with Gasteiger partial charge in [0.15, 0.2) is 0 Å². The minimum Gasteiger partial charge on any atom is -0.372 e. The number of ether oxygens (including phenoxy) is 1. The second-order valence-electron chi connectivity index (χ2n) is 3.66. The van der Waals surface area contributed by atoms with Gasteiger partial charge in [0, 0.05) is 11.6 Å². The van der Waals surface area contributed by atoms with E-state index >= 15 is 0 Å². The van der Waals surface area contributed by atoms with Crippen LogP contribution in [0.15, 0.2) is 28.7 Å². The van der Waals surface area contributed by atoms with Crippen molar-refractivity contribution in [3.05, 3.63) is 34.3 Å². The SMILES string of the molecule is COC(C)C(=O)N[C@H](C)c1ccc(Br)cc1. The fourth-order valence-electron chi connectivity index (χ4n) is 1.27. The Morgan fingerprint density at radius 1 is 1.31 bits per heavy atom. The van der Waals surface area contributed by atoms with Crippen molar-refractivity contribution < 1.29 is 9.53 Å². The zero-order valence-electron chi connectivity index (χ0n) is 9.66. The van der Waals surface area contributed by atoms with E-state index in [9.17, 15) is 4.79 Å². The molecule has 1 unspecified atom stereocenters. The molecule has 1 N–H and O–H groups in total. The molecule has 0 radical (unpaired) electrons. The number of halogens is 1. The van der Waals surface area contributed by atoms with Gasteiger partial charge in [0.2, 0.25) is 5.91 Å². The van der Waals surface area contributed by atoms with Crippen LogP contribution in [0.5, 0.6) is 0 Å². The summed E-state index contributed by atoms with van der Waals surface area (Å²) in [7, 11) is 1.52. The Balaban J connectivity index is 2.62. The van der Waals surface area contributed by atoms with Crippen molar-refractivity contribution in [2.75, 3.05) is 7.11 Å². The summed E-state index contributed by atoms with van der Waals surface area (Å²) >= 11 is 3.37. The normalized spacial score (nSPS) is 14.2. The van der Waals surface area contributed by atoms with E-state index in [1.54, 1.807) is 6.92 Å². The summed E-state index contributed by atoms with van der Waals surface area (Å²) in [4.78, 5) is 11.6. The van der Waals surface area contributed by atoms with Crippen LogP contribution in [-0.4, -0.2) is 19.1 Å². The lowest BCUT2D eigenvalue weighted by Gasteiger charge is -2.17. The van der Waals surface area contributed by atoms with Crippen LogP contribution in [0, 0.1) is 0 Å². The Morgan fingerprint density at radius 3 is 2.38 bits per heavy atom. The van der Waals surface area contributed by atoms with Crippen molar-refractivity contribution in [2.24, 2.45) is 0 Å². The van der Waals surface area contributed by atoms with Gasteiger partial charge in [0.25, 0.3) is 0 Å². The minimum absolute atomic E-state index is 0.0156. The standard InChI is InChI=1S/C12H16BrNO2/c1-8(14-12(15)9(2)16-3)10-4-6-11(13)7-5-10/h4-9H,1-3H3,(H,14,15)/t8-,9?/m1/s1. The van der Waals surface area contributed by atoms with Crippen LogP contribution in [0.3, 0.4) is 0 Å². The molecule has 3 nitrogen and oxygen atoms in total. The van der Waals surface area contributed by atoms with Crippen LogP contribution in [0.4, 0.5) is 0 Å². The maximum Gasteiger partial charge on any atom is 0.249 e. The zero-order valence-corrected chi connectivity index (χ0v) is 11.2. The molecule has 2 atom stereocenters. The fraction of sp³-hybridized carbons (Fsp3) is 0.417. The molecule has 0 saturated heterocycles. The lowest BCUT2D eigenvalue weighted by molar-refractivity contribution is -0.130. The van der Waals surface area contributed by atoms with Crippen molar-refractivity contribution in [1.82, 2.24) is 5.32 Å². The Labute approximate surface area is 104 Å². The second kappa shape index (κ2) is 6.01. The first kappa shape index (κ1) is 13.2. The van der Waals surface area contributed by atoms with Gasteiger partial charge in [-0.05, 0) is 31.5 Å². The molecular formula is C12H16BrNO2. The van der Waals surface area contributed by atoms with Crippen LogP contribution < -0.4 is 5.32 Å². The number of hydrogen-bond acceptors (Lipinski definition) is 2. The van der Waals surface area contributed by atoms with Gasteiger partial charge in [-0.25, -0.2) is 0 Å². The summed E-state index contributed by atoms with van der Waals surface area (Å²) in [6, 6.07) is 7.85. The van der Waals surface area contributed by atoms with E-state index in [0.29, 0.717) is 0 Å². The predicted octanol–water partition coefficient (Wildman–Crippen LogP) is 2.66. The van der Waals surface area contributed by atoms with Crippen molar-refractivity contribution >= 4 is 21.8 Å². The number of hydrogen-bond donors (Lipinski definition) is 1. The highest BCUT2D eigenvalue weighted by Gasteiger charge is 2.14. The first-order chi connectivity index (χ1) is 7.54. The predicted molar refractivity (Wildman–Crippen MR) is 67.2 cm³/mol. The Hall–Kier alpha value is -0.870. The largest absolute Gasteiger partial charge is 0.372 e. The van der Waals surface area contributed by atoms with Gasteiger partial charge in [-0.2, -0.15) is 0 Å². The molecule has 0 bridgehead atoms. The van der Waals surface area contributed by atoms with E-state index in [0.717, 1.165) is 10.0 Å². The summed E-state index contributed by atoms with van der Waals surface area (Å²) < 4.78 is 5.98. The molecule has 0 aliphatic rings. The van der Waals surface area contributed by atoms with Gasteiger partial charge in [-0.3, -0.25) is 4.79 Å². The highest BCUT2D eigenvalue weighted by molar-refractivity contribution is 9.10. The third kappa shape index (κ3) is 3.61. The monoisotopic (exact) mass is 285 g/mol. The summed E-state index contributed by atoms with van der Waals surface area (Å²) in [5.74, 6) is -0.0991. The first-order valence-electron chi connectivity index (χ1n) is 5.13. The number of carbonyl (C=O) groups is 1. The molecule has 0 aliphatic heterocycles. The summed E-state index contributed by atoms with van der Waals surface area (Å²) in [6.45, 7) is 3.67. The van der Waals surface area contributed by atoms with E-state index in [4.69, 9.17) is 4.74 Å². The van der Waals surface area contributed by atoms with E-state index in [1.807, 2.05) is 31.2 Å². The van der Waals surface area contributed by atoms with Crippen LogP contribution in [0.1, 0.15) is 25.5 Å². The molecule has 0 heterocycles. The molecule has 4 heteroatoms. The van der Waals surface area contributed by atoms with Gasteiger partial charge in [-0.15, -0.1) is 0 Å². The summed E-state index contributed by atoms with van der Waals surface area (Å²) in [5.41, 5.74) is 1.07. The Bertz CT molecular complexity index is 351. The van der Waals surface area contributed by atoms with Crippen LogP contribution >= 0.6 is 15.9 Å². The third-order valence-electron chi connectivity index (χ3n) is 2.45. The Kier molecular flexibility index (Phi) is 4.96. The van der Waals surface area contributed by atoms with Gasteiger partial charge in [-0.1, -0.05) is 28.1 Å². The zero-order chi connectivity index (χ0) is 12.1. The molecule has 1 amide bonds. The molecule has 1 aromatic rings. The molecule has 88 valence electrons. The number of rotatable bonds is 4. The smallest absolute Gasteiger partial charge is 0.249 e. The van der Waals surface area contributed by atoms with Crippen LogP contribution in [0.2, 0.25) is 0 Å². The van der Waals surface area contributed by atoms with Gasteiger partial charge in [0.05, 0.1) is 6.04 Å². The van der Waals surface area contributed by atoms with Crippen molar-refractivity contribution in [2.45, 2.75) is 26.0 Å². The average molecular weight is 286 g/mol. The van der Waals surface area contributed by atoms with Crippen LogP contribution in [0.25, 0.3) is 0 Å². The first-order valence-corrected chi connectivity index (χ1v) is 5.92. The molecule has 0 aliphatic carbocycles. The molecule has 0 saturated carbocycles. The van der Waals surface area contributed by atoms with Gasteiger partial charge < -0.3 is 10.1 Å². The topological polar surface area (TPSA) is 38.3 Å².